The highest BCUT2D eigenvalue weighted by atomic mass is 32.2. The molecule has 0 saturated carbocycles. The number of benzene rings is 2. The highest BCUT2D eigenvalue weighted by molar-refractivity contribution is 7.99. The minimum atomic E-state index is 0.476. The van der Waals surface area contributed by atoms with Gasteiger partial charge in [-0.2, -0.15) is 0 Å². The number of nitrogens with one attached hydrogen (secondary N) is 1. The van der Waals surface area contributed by atoms with Gasteiger partial charge in [-0.25, -0.2) is 0 Å². The van der Waals surface area contributed by atoms with E-state index in [0.717, 1.165) is 18.8 Å². The zero-order chi connectivity index (χ0) is 12.2. The number of fused-ring (bicyclic) bond motifs is 1. The van der Waals surface area contributed by atoms with Gasteiger partial charge in [0.15, 0.2) is 0 Å². The van der Waals surface area contributed by atoms with Gasteiger partial charge in [0.2, 0.25) is 0 Å². The monoisotopic (exact) mass is 255 g/mol. The van der Waals surface area contributed by atoms with E-state index < -0.39 is 0 Å². The summed E-state index contributed by atoms with van der Waals surface area (Å²) in [7, 11) is 0. The van der Waals surface area contributed by atoms with E-state index in [1.165, 1.54) is 16.7 Å². The van der Waals surface area contributed by atoms with Crippen LogP contribution in [0.2, 0.25) is 0 Å². The van der Waals surface area contributed by atoms with Crippen molar-refractivity contribution in [2.24, 2.45) is 0 Å². The molecule has 0 spiro atoms. The van der Waals surface area contributed by atoms with Gasteiger partial charge in [-0.15, -0.1) is 11.8 Å². The third kappa shape index (κ3) is 2.45. The molecule has 1 atom stereocenters. The summed E-state index contributed by atoms with van der Waals surface area (Å²) in [5.74, 6) is 1.16. The molecule has 0 fully saturated rings. The lowest BCUT2D eigenvalue weighted by molar-refractivity contribution is 0.719. The van der Waals surface area contributed by atoms with Crippen LogP contribution in [-0.4, -0.2) is 12.3 Å². The fourth-order valence-electron chi connectivity index (χ4n) is 2.42. The zero-order valence-electron chi connectivity index (χ0n) is 10.3. The molecule has 2 heteroatoms. The first-order chi connectivity index (χ1) is 8.95. The molecule has 0 amide bonds. The Morgan fingerprint density at radius 2 is 1.72 bits per heavy atom. The Bertz CT molecular complexity index is 510. The lowest BCUT2D eigenvalue weighted by Gasteiger charge is -2.23. The first kappa shape index (κ1) is 11.8. The van der Waals surface area contributed by atoms with Crippen molar-refractivity contribution in [3.8, 4) is 0 Å². The topological polar surface area (TPSA) is 12.0 Å². The minimum Gasteiger partial charge on any atom is -0.312 e. The van der Waals surface area contributed by atoms with Crippen LogP contribution >= 0.6 is 11.8 Å². The molecule has 1 unspecified atom stereocenters. The molecule has 1 aliphatic rings. The molecular weight excluding hydrogens is 238 g/mol. The lowest BCUT2D eigenvalue weighted by atomic mass is 9.99. The van der Waals surface area contributed by atoms with E-state index in [2.05, 4.69) is 59.9 Å². The molecule has 18 heavy (non-hydrogen) atoms. The zero-order valence-corrected chi connectivity index (χ0v) is 11.1. The van der Waals surface area contributed by atoms with E-state index in [1.807, 2.05) is 11.8 Å². The van der Waals surface area contributed by atoms with E-state index in [9.17, 15) is 0 Å². The van der Waals surface area contributed by atoms with Gasteiger partial charge in [-0.05, 0) is 16.7 Å². The van der Waals surface area contributed by atoms with Gasteiger partial charge >= 0.3 is 0 Å². The van der Waals surface area contributed by atoms with Crippen LogP contribution in [0.3, 0.4) is 0 Å². The molecule has 0 aliphatic carbocycles. The molecule has 3 rings (SSSR count). The van der Waals surface area contributed by atoms with Gasteiger partial charge in [-0.1, -0.05) is 54.6 Å². The fraction of sp³-hybridized carbons (Fsp3) is 0.250. The molecule has 0 aromatic heterocycles. The van der Waals surface area contributed by atoms with Gasteiger partial charge in [0.25, 0.3) is 0 Å². The summed E-state index contributed by atoms with van der Waals surface area (Å²) >= 11 is 2.03. The summed E-state index contributed by atoms with van der Waals surface area (Å²) in [6.07, 6.45) is 0. The average molecular weight is 255 g/mol. The van der Waals surface area contributed by atoms with E-state index in [1.54, 1.807) is 0 Å². The second-order valence-corrected chi connectivity index (χ2v) is 5.75. The van der Waals surface area contributed by atoms with Crippen LogP contribution in [0.4, 0.5) is 0 Å². The Labute approximate surface area is 113 Å². The van der Waals surface area contributed by atoms with Crippen LogP contribution in [0.1, 0.15) is 21.9 Å². The third-order valence-corrected chi connectivity index (χ3v) is 4.62. The molecule has 1 heterocycles. The SMILES string of the molecule is c1ccc(C2SCCNCc3ccccc32)cc1. The molecule has 1 N–H and O–H groups in total. The second-order valence-electron chi connectivity index (χ2n) is 4.54. The van der Waals surface area contributed by atoms with Crippen LogP contribution in [0.15, 0.2) is 54.6 Å². The van der Waals surface area contributed by atoms with E-state index in [0.29, 0.717) is 5.25 Å². The molecule has 92 valence electrons. The largest absolute Gasteiger partial charge is 0.312 e. The number of thioether (sulfide) groups is 1. The summed E-state index contributed by atoms with van der Waals surface area (Å²) < 4.78 is 0. The maximum atomic E-state index is 3.49. The Morgan fingerprint density at radius 3 is 2.61 bits per heavy atom. The molecule has 0 bridgehead atoms. The lowest BCUT2D eigenvalue weighted by Crippen LogP contribution is -2.21. The van der Waals surface area contributed by atoms with Crippen molar-refractivity contribution in [2.45, 2.75) is 11.8 Å². The van der Waals surface area contributed by atoms with Crippen LogP contribution in [0, 0.1) is 0 Å². The van der Waals surface area contributed by atoms with Gasteiger partial charge < -0.3 is 5.32 Å². The second kappa shape index (κ2) is 5.59. The summed E-state index contributed by atoms with van der Waals surface area (Å²) in [6.45, 7) is 2.07. The van der Waals surface area contributed by atoms with Crippen molar-refractivity contribution >= 4 is 11.8 Å². The Balaban J connectivity index is 2.04. The van der Waals surface area contributed by atoms with Gasteiger partial charge in [0.1, 0.15) is 0 Å². The standard InChI is InChI=1S/C16H17NS/c1-2-6-13(7-3-1)16-15-9-5-4-8-14(15)12-17-10-11-18-16/h1-9,16-17H,10-12H2. The quantitative estimate of drug-likeness (QED) is 0.835. The van der Waals surface area contributed by atoms with Gasteiger partial charge in [0.05, 0.1) is 5.25 Å². The third-order valence-electron chi connectivity index (χ3n) is 3.32. The van der Waals surface area contributed by atoms with Crippen molar-refractivity contribution in [2.75, 3.05) is 12.3 Å². The highest BCUT2D eigenvalue weighted by Crippen LogP contribution is 2.37. The van der Waals surface area contributed by atoms with E-state index >= 15 is 0 Å². The molecule has 1 nitrogen and oxygen atoms in total. The van der Waals surface area contributed by atoms with Crippen molar-refractivity contribution in [3.63, 3.8) is 0 Å². The number of rotatable bonds is 1. The normalized spacial score (nSPS) is 19.7. The van der Waals surface area contributed by atoms with Crippen LogP contribution in [-0.2, 0) is 6.54 Å². The molecule has 2 aromatic rings. The van der Waals surface area contributed by atoms with E-state index in [-0.39, 0.29) is 0 Å². The van der Waals surface area contributed by atoms with Crippen LogP contribution in [0.25, 0.3) is 0 Å². The number of hydrogen-bond acceptors (Lipinski definition) is 2. The molecule has 2 aromatic carbocycles. The smallest absolute Gasteiger partial charge is 0.0550 e. The van der Waals surface area contributed by atoms with Crippen LogP contribution < -0.4 is 5.32 Å². The maximum Gasteiger partial charge on any atom is 0.0550 e. The van der Waals surface area contributed by atoms with Crippen molar-refractivity contribution in [3.05, 3.63) is 71.3 Å². The molecule has 1 aliphatic heterocycles. The van der Waals surface area contributed by atoms with Crippen molar-refractivity contribution in [1.82, 2.24) is 5.32 Å². The van der Waals surface area contributed by atoms with E-state index in [4.69, 9.17) is 0 Å². The van der Waals surface area contributed by atoms with Gasteiger partial charge in [-0.3, -0.25) is 0 Å². The Hall–Kier alpha value is -1.25. The molecule has 0 saturated heterocycles. The molecule has 0 radical (unpaired) electrons. The van der Waals surface area contributed by atoms with Gasteiger partial charge in [0, 0.05) is 18.8 Å². The summed E-state index contributed by atoms with van der Waals surface area (Å²) in [6, 6.07) is 19.6. The summed E-state index contributed by atoms with van der Waals surface area (Å²) in [4.78, 5) is 0. The first-order valence-corrected chi connectivity index (χ1v) is 7.45. The maximum absolute atomic E-state index is 3.49. The summed E-state index contributed by atoms with van der Waals surface area (Å²) in [5, 5.41) is 3.97. The van der Waals surface area contributed by atoms with Crippen molar-refractivity contribution in [1.29, 1.82) is 0 Å². The van der Waals surface area contributed by atoms with Crippen molar-refractivity contribution < 1.29 is 0 Å². The minimum absolute atomic E-state index is 0.476. The molecular formula is C16H17NS. The van der Waals surface area contributed by atoms with Crippen LogP contribution in [0.5, 0.6) is 0 Å². The Morgan fingerprint density at radius 1 is 0.944 bits per heavy atom. The first-order valence-electron chi connectivity index (χ1n) is 6.40. The fourth-order valence-corrected chi connectivity index (χ4v) is 3.67. The Kier molecular flexibility index (Phi) is 3.67. The summed E-state index contributed by atoms with van der Waals surface area (Å²) in [5.41, 5.74) is 4.30. The average Bonchev–Trinajstić information content (AvgIpc) is 2.41. The predicted octanol–water partition coefficient (Wildman–Crippen LogP) is 3.61. The number of hydrogen-bond donors (Lipinski definition) is 1. The highest BCUT2D eigenvalue weighted by Gasteiger charge is 2.18. The predicted molar refractivity (Wildman–Crippen MR) is 78.9 cm³/mol.